The molecule has 1 fully saturated rings. The Morgan fingerprint density at radius 1 is 1.40 bits per heavy atom. The second kappa shape index (κ2) is 6.92. The summed E-state index contributed by atoms with van der Waals surface area (Å²) in [7, 11) is 0. The van der Waals surface area contributed by atoms with Crippen LogP contribution in [0.15, 0.2) is 23.1 Å². The minimum absolute atomic E-state index is 0.135. The van der Waals surface area contributed by atoms with Gasteiger partial charge in [-0.15, -0.1) is 0 Å². The fourth-order valence-electron chi connectivity index (χ4n) is 2.99. The number of likely N-dealkylation sites (tertiary alicyclic amines) is 1. The maximum absolute atomic E-state index is 12.5. The molecule has 1 saturated heterocycles. The number of pyridine rings is 1. The Morgan fingerprint density at radius 2 is 2.20 bits per heavy atom. The van der Waals surface area contributed by atoms with E-state index >= 15 is 0 Å². The molecular formula is C17H20N4O4. The number of hydrogen-bond acceptors (Lipinski definition) is 5. The molecule has 0 radical (unpaired) electrons. The Hall–Kier alpha value is -2.90. The van der Waals surface area contributed by atoms with Gasteiger partial charge in [-0.2, -0.15) is 4.98 Å². The molecule has 132 valence electrons. The van der Waals surface area contributed by atoms with Gasteiger partial charge in [0.05, 0.1) is 0 Å². The number of hydrogen-bond donors (Lipinski definition) is 2. The van der Waals surface area contributed by atoms with Gasteiger partial charge in [0.2, 0.25) is 11.8 Å². The van der Waals surface area contributed by atoms with Crippen molar-refractivity contribution in [1.29, 1.82) is 0 Å². The van der Waals surface area contributed by atoms with Gasteiger partial charge in [-0.1, -0.05) is 6.07 Å². The Morgan fingerprint density at radius 3 is 2.92 bits per heavy atom. The van der Waals surface area contributed by atoms with Crippen LogP contribution in [-0.2, 0) is 4.79 Å². The van der Waals surface area contributed by atoms with Gasteiger partial charge in [0, 0.05) is 32.3 Å². The van der Waals surface area contributed by atoms with E-state index in [4.69, 9.17) is 0 Å². The van der Waals surface area contributed by atoms with E-state index in [1.807, 2.05) is 0 Å². The van der Waals surface area contributed by atoms with Gasteiger partial charge >= 0.3 is 0 Å². The molecule has 25 heavy (non-hydrogen) atoms. The van der Waals surface area contributed by atoms with Crippen LogP contribution in [0.25, 0.3) is 5.65 Å². The van der Waals surface area contributed by atoms with Crippen LogP contribution in [0.5, 0.6) is 5.88 Å². The summed E-state index contributed by atoms with van der Waals surface area (Å²) in [6.45, 7) is 3.39. The lowest BCUT2D eigenvalue weighted by Crippen LogP contribution is -2.34. The van der Waals surface area contributed by atoms with Gasteiger partial charge in [-0.25, -0.2) is 0 Å². The summed E-state index contributed by atoms with van der Waals surface area (Å²) in [4.78, 5) is 42.0. The molecule has 3 heterocycles. The number of carbonyl (C=O) groups excluding carboxylic acids is 2. The molecule has 1 aliphatic rings. The van der Waals surface area contributed by atoms with Crippen LogP contribution in [0.3, 0.4) is 0 Å². The van der Waals surface area contributed by atoms with Crippen molar-refractivity contribution < 1.29 is 14.7 Å². The molecule has 2 aromatic heterocycles. The first-order valence-corrected chi connectivity index (χ1v) is 8.26. The van der Waals surface area contributed by atoms with Crippen molar-refractivity contribution in [2.75, 3.05) is 19.6 Å². The molecule has 8 nitrogen and oxygen atoms in total. The smallest absolute Gasteiger partial charge is 0.274 e. The van der Waals surface area contributed by atoms with E-state index in [0.717, 1.165) is 18.5 Å². The van der Waals surface area contributed by atoms with E-state index < -0.39 is 17.3 Å². The lowest BCUT2D eigenvalue weighted by atomic mass is 10.2. The normalized spacial score (nSPS) is 14.3. The van der Waals surface area contributed by atoms with Crippen LogP contribution >= 0.6 is 0 Å². The number of rotatable bonds is 5. The molecule has 0 saturated carbocycles. The fourth-order valence-corrected chi connectivity index (χ4v) is 2.99. The second-order valence-corrected chi connectivity index (χ2v) is 6.09. The number of aromatic nitrogens is 2. The maximum Gasteiger partial charge on any atom is 0.274 e. The summed E-state index contributed by atoms with van der Waals surface area (Å²) in [6.07, 6.45) is 3.55. The average Bonchev–Trinajstić information content (AvgIpc) is 2.98. The first-order valence-electron chi connectivity index (χ1n) is 8.26. The SMILES string of the molecule is Cc1cccn2c(=O)c(C(=O)NCCCN3CCCC3=O)c(O)nc12. The van der Waals surface area contributed by atoms with Crippen molar-refractivity contribution in [1.82, 2.24) is 19.6 Å². The van der Waals surface area contributed by atoms with Crippen molar-refractivity contribution in [3.05, 3.63) is 39.8 Å². The number of amides is 2. The van der Waals surface area contributed by atoms with E-state index in [1.165, 1.54) is 10.6 Å². The van der Waals surface area contributed by atoms with E-state index in [2.05, 4.69) is 10.3 Å². The molecule has 0 spiro atoms. The molecule has 2 amide bonds. The number of fused-ring (bicyclic) bond motifs is 1. The summed E-state index contributed by atoms with van der Waals surface area (Å²) in [5, 5.41) is 12.6. The first-order chi connectivity index (χ1) is 12.0. The summed E-state index contributed by atoms with van der Waals surface area (Å²) in [6, 6.07) is 3.44. The number of aromatic hydroxyl groups is 1. The second-order valence-electron chi connectivity index (χ2n) is 6.09. The van der Waals surface area contributed by atoms with E-state index in [-0.39, 0.29) is 11.5 Å². The van der Waals surface area contributed by atoms with E-state index in [1.54, 1.807) is 24.0 Å². The lowest BCUT2D eigenvalue weighted by Gasteiger charge is -2.15. The number of nitrogens with one attached hydrogen (secondary N) is 1. The van der Waals surface area contributed by atoms with Gasteiger partial charge < -0.3 is 15.3 Å². The molecular weight excluding hydrogens is 324 g/mol. The molecule has 0 unspecified atom stereocenters. The number of carbonyl (C=O) groups is 2. The Kier molecular flexibility index (Phi) is 4.69. The van der Waals surface area contributed by atoms with Crippen LogP contribution in [0.1, 0.15) is 35.2 Å². The van der Waals surface area contributed by atoms with Crippen LogP contribution in [-0.4, -0.2) is 50.8 Å². The monoisotopic (exact) mass is 344 g/mol. The average molecular weight is 344 g/mol. The standard InChI is InChI=1S/C17H20N4O4/c1-11-5-2-10-21-14(11)19-16(24)13(17(21)25)15(23)18-7-4-9-20-8-3-6-12(20)22/h2,5,10,24H,3-4,6-9H2,1H3,(H,18,23). The van der Waals surface area contributed by atoms with Gasteiger partial charge in [0.25, 0.3) is 11.5 Å². The van der Waals surface area contributed by atoms with Crippen molar-refractivity contribution in [2.45, 2.75) is 26.2 Å². The Balaban J connectivity index is 1.70. The van der Waals surface area contributed by atoms with Gasteiger partial charge in [0.15, 0.2) is 5.56 Å². The highest BCUT2D eigenvalue weighted by Crippen LogP contribution is 2.14. The minimum Gasteiger partial charge on any atom is -0.493 e. The highest BCUT2D eigenvalue weighted by Gasteiger charge is 2.21. The third-order valence-electron chi connectivity index (χ3n) is 4.32. The summed E-state index contributed by atoms with van der Waals surface area (Å²) < 4.78 is 1.24. The van der Waals surface area contributed by atoms with E-state index in [9.17, 15) is 19.5 Å². The van der Waals surface area contributed by atoms with Crippen molar-refractivity contribution in [3.8, 4) is 5.88 Å². The minimum atomic E-state index is -0.668. The highest BCUT2D eigenvalue weighted by atomic mass is 16.3. The van der Waals surface area contributed by atoms with Gasteiger partial charge in [-0.3, -0.25) is 18.8 Å². The lowest BCUT2D eigenvalue weighted by molar-refractivity contribution is -0.127. The molecule has 8 heteroatoms. The van der Waals surface area contributed by atoms with Crippen molar-refractivity contribution in [3.63, 3.8) is 0 Å². The van der Waals surface area contributed by atoms with Crippen molar-refractivity contribution >= 4 is 17.5 Å². The van der Waals surface area contributed by atoms with Crippen LogP contribution in [0.2, 0.25) is 0 Å². The highest BCUT2D eigenvalue weighted by molar-refractivity contribution is 5.96. The first kappa shape index (κ1) is 16.9. The number of nitrogens with zero attached hydrogens (tertiary/aromatic N) is 3. The molecule has 2 aromatic rings. The predicted molar refractivity (Wildman–Crippen MR) is 90.6 cm³/mol. The topological polar surface area (TPSA) is 104 Å². The quantitative estimate of drug-likeness (QED) is 0.767. The third-order valence-corrected chi connectivity index (χ3v) is 4.32. The Bertz CT molecular complexity index is 890. The zero-order chi connectivity index (χ0) is 18.0. The zero-order valence-electron chi connectivity index (χ0n) is 14.0. The molecule has 2 N–H and O–H groups in total. The van der Waals surface area contributed by atoms with Gasteiger partial charge in [-0.05, 0) is 31.4 Å². The molecule has 3 rings (SSSR count). The van der Waals surface area contributed by atoms with Crippen molar-refractivity contribution in [2.24, 2.45) is 0 Å². The third kappa shape index (κ3) is 3.33. The number of aryl methyl sites for hydroxylation is 1. The Labute approximate surface area is 144 Å². The molecule has 0 bridgehead atoms. The molecule has 0 atom stereocenters. The van der Waals surface area contributed by atoms with Crippen LogP contribution in [0, 0.1) is 6.92 Å². The predicted octanol–water partition coefficient (Wildman–Crippen LogP) is 0.451. The summed E-state index contributed by atoms with van der Waals surface area (Å²) in [5.41, 5.74) is 0.0463. The summed E-state index contributed by atoms with van der Waals surface area (Å²) in [5.74, 6) is -1.11. The zero-order valence-corrected chi connectivity index (χ0v) is 14.0. The molecule has 0 aromatic carbocycles. The van der Waals surface area contributed by atoms with Crippen LogP contribution < -0.4 is 10.9 Å². The van der Waals surface area contributed by atoms with Crippen LogP contribution in [0.4, 0.5) is 0 Å². The fraction of sp³-hybridized carbons (Fsp3) is 0.412. The molecule has 0 aliphatic carbocycles. The largest absolute Gasteiger partial charge is 0.493 e. The van der Waals surface area contributed by atoms with Gasteiger partial charge in [0.1, 0.15) is 5.65 Å². The summed E-state index contributed by atoms with van der Waals surface area (Å²) >= 11 is 0. The maximum atomic E-state index is 12.5. The van der Waals surface area contributed by atoms with E-state index in [0.29, 0.717) is 31.6 Å². The molecule has 1 aliphatic heterocycles.